The maximum absolute atomic E-state index is 13.2. The van der Waals surface area contributed by atoms with Crippen LogP contribution in [0.2, 0.25) is 0 Å². The third-order valence-electron chi connectivity index (χ3n) is 3.88. The number of aryl methyl sites for hydroxylation is 1. The molecule has 140 valence electrons. The van der Waals surface area contributed by atoms with E-state index in [4.69, 9.17) is 5.11 Å². The molecule has 0 spiro atoms. The van der Waals surface area contributed by atoms with Crippen molar-refractivity contribution in [1.82, 2.24) is 9.55 Å². The van der Waals surface area contributed by atoms with Gasteiger partial charge in [-0.25, -0.2) is 14.2 Å². The van der Waals surface area contributed by atoms with Crippen LogP contribution < -0.4 is 4.31 Å². The van der Waals surface area contributed by atoms with E-state index in [9.17, 15) is 17.6 Å². The van der Waals surface area contributed by atoms with Crippen molar-refractivity contribution in [3.63, 3.8) is 0 Å². The van der Waals surface area contributed by atoms with Crippen LogP contribution in [-0.4, -0.2) is 29.0 Å². The minimum atomic E-state index is -4.01. The lowest BCUT2D eigenvalue weighted by Gasteiger charge is -2.23. The first-order chi connectivity index (χ1) is 12.8. The molecule has 3 rings (SSSR count). The molecule has 0 aliphatic carbocycles. The second kappa shape index (κ2) is 7.20. The Kier molecular flexibility index (Phi) is 4.95. The average Bonchev–Trinajstić information content (AvgIpc) is 3.08. The first kappa shape index (κ1) is 18.6. The second-order valence-electron chi connectivity index (χ2n) is 5.87. The van der Waals surface area contributed by atoms with E-state index in [1.807, 2.05) is 0 Å². The summed E-state index contributed by atoms with van der Waals surface area (Å²) < 4.78 is 42.0. The zero-order valence-corrected chi connectivity index (χ0v) is 15.1. The van der Waals surface area contributed by atoms with Crippen LogP contribution in [0, 0.1) is 5.82 Å². The van der Waals surface area contributed by atoms with Crippen LogP contribution >= 0.6 is 0 Å². The minimum absolute atomic E-state index is 0.0377. The Morgan fingerprint density at radius 2 is 1.78 bits per heavy atom. The number of hydrogen-bond acceptors (Lipinski definition) is 4. The molecule has 0 fully saturated rings. The van der Waals surface area contributed by atoms with Gasteiger partial charge in [-0.1, -0.05) is 12.1 Å². The largest absolute Gasteiger partial charge is 0.478 e. The SMILES string of the molecule is Cn1cnc(S(=O)(=O)N(Cc2ccc(F)cc2)c2ccc(C(=O)O)cc2)c1. The molecule has 7 nitrogen and oxygen atoms in total. The van der Waals surface area contributed by atoms with Crippen molar-refractivity contribution < 1.29 is 22.7 Å². The molecule has 0 radical (unpaired) electrons. The normalized spacial score (nSPS) is 11.3. The number of nitrogens with zero attached hydrogens (tertiary/aromatic N) is 3. The molecule has 0 unspecified atom stereocenters. The van der Waals surface area contributed by atoms with E-state index in [-0.39, 0.29) is 22.8 Å². The number of hydrogen-bond donors (Lipinski definition) is 1. The van der Waals surface area contributed by atoms with Gasteiger partial charge >= 0.3 is 5.97 Å². The van der Waals surface area contributed by atoms with Crippen molar-refractivity contribution in [3.05, 3.63) is 78.0 Å². The molecule has 9 heteroatoms. The van der Waals surface area contributed by atoms with Crippen LogP contribution in [0.25, 0.3) is 0 Å². The van der Waals surface area contributed by atoms with E-state index >= 15 is 0 Å². The van der Waals surface area contributed by atoms with Crippen molar-refractivity contribution in [2.75, 3.05) is 4.31 Å². The van der Waals surface area contributed by atoms with Gasteiger partial charge in [0.25, 0.3) is 10.0 Å². The summed E-state index contributed by atoms with van der Waals surface area (Å²) in [5.41, 5.74) is 0.879. The number of aromatic nitrogens is 2. The topological polar surface area (TPSA) is 92.5 Å². The number of rotatable bonds is 6. The molecule has 3 aromatic rings. The van der Waals surface area contributed by atoms with Crippen molar-refractivity contribution in [3.8, 4) is 0 Å². The summed E-state index contributed by atoms with van der Waals surface area (Å²) >= 11 is 0. The molecule has 1 N–H and O–H groups in total. The molecule has 2 aromatic carbocycles. The number of carboxylic acids is 1. The Morgan fingerprint density at radius 3 is 2.30 bits per heavy atom. The number of benzene rings is 2. The Morgan fingerprint density at radius 1 is 1.15 bits per heavy atom. The van der Waals surface area contributed by atoms with Gasteiger partial charge in [0.05, 0.1) is 24.1 Å². The summed E-state index contributed by atoms with van der Waals surface area (Å²) in [5.74, 6) is -1.54. The van der Waals surface area contributed by atoms with E-state index < -0.39 is 21.8 Å². The van der Waals surface area contributed by atoms with Gasteiger partial charge in [-0.3, -0.25) is 4.31 Å². The maximum Gasteiger partial charge on any atom is 0.335 e. The summed E-state index contributed by atoms with van der Waals surface area (Å²) in [6.45, 7) is -0.0639. The lowest BCUT2D eigenvalue weighted by atomic mass is 10.2. The fourth-order valence-electron chi connectivity index (χ4n) is 2.48. The number of imidazole rings is 1. The third-order valence-corrected chi connectivity index (χ3v) is 5.54. The number of halogens is 1. The van der Waals surface area contributed by atoms with Crippen LogP contribution in [-0.2, 0) is 23.6 Å². The summed E-state index contributed by atoms with van der Waals surface area (Å²) in [6, 6.07) is 10.9. The Balaban J connectivity index is 2.05. The van der Waals surface area contributed by atoms with Gasteiger partial charge in [-0.05, 0) is 42.0 Å². The Bertz CT molecular complexity index is 1060. The van der Waals surface area contributed by atoms with Gasteiger partial charge in [0.15, 0.2) is 5.03 Å². The van der Waals surface area contributed by atoms with Crippen LogP contribution in [0.4, 0.5) is 10.1 Å². The number of aromatic carboxylic acids is 1. The first-order valence-electron chi connectivity index (χ1n) is 7.86. The van der Waals surface area contributed by atoms with Crippen molar-refractivity contribution in [1.29, 1.82) is 0 Å². The van der Waals surface area contributed by atoms with E-state index in [1.165, 1.54) is 65.6 Å². The molecule has 1 heterocycles. The fraction of sp³-hybridized carbons (Fsp3) is 0.111. The van der Waals surface area contributed by atoms with E-state index in [1.54, 1.807) is 7.05 Å². The number of carbonyl (C=O) groups is 1. The van der Waals surface area contributed by atoms with E-state index in [0.29, 0.717) is 5.56 Å². The summed E-state index contributed by atoms with van der Waals surface area (Å²) in [7, 11) is -2.36. The smallest absolute Gasteiger partial charge is 0.335 e. The fourth-order valence-corrected chi connectivity index (χ4v) is 3.90. The zero-order chi connectivity index (χ0) is 19.6. The molecule has 0 saturated heterocycles. The molecule has 0 aliphatic rings. The summed E-state index contributed by atoms with van der Waals surface area (Å²) in [5, 5.41) is 8.89. The van der Waals surface area contributed by atoms with Gasteiger partial charge in [-0.2, -0.15) is 8.42 Å². The van der Waals surface area contributed by atoms with Crippen LogP contribution in [0.1, 0.15) is 15.9 Å². The van der Waals surface area contributed by atoms with Crippen LogP contribution in [0.5, 0.6) is 0 Å². The van der Waals surface area contributed by atoms with Crippen molar-refractivity contribution in [2.45, 2.75) is 11.6 Å². The minimum Gasteiger partial charge on any atom is -0.478 e. The molecule has 0 bridgehead atoms. The Hall–Kier alpha value is -3.20. The standard InChI is InChI=1S/C18H16FN3O4S/c1-21-11-17(20-12-21)27(25,26)22(10-13-2-6-15(19)7-3-13)16-8-4-14(5-9-16)18(23)24/h2-9,11-12H,10H2,1H3,(H,23,24). The maximum atomic E-state index is 13.2. The number of sulfonamides is 1. The quantitative estimate of drug-likeness (QED) is 0.700. The number of anilines is 1. The average molecular weight is 389 g/mol. The highest BCUT2D eigenvalue weighted by Crippen LogP contribution is 2.25. The molecule has 0 saturated carbocycles. The van der Waals surface area contributed by atoms with Crippen LogP contribution in [0.3, 0.4) is 0 Å². The van der Waals surface area contributed by atoms with Crippen LogP contribution in [0.15, 0.2) is 66.1 Å². The van der Waals surface area contributed by atoms with E-state index in [2.05, 4.69) is 4.98 Å². The highest BCUT2D eigenvalue weighted by Gasteiger charge is 2.27. The monoisotopic (exact) mass is 389 g/mol. The van der Waals surface area contributed by atoms with Gasteiger partial charge in [-0.15, -0.1) is 0 Å². The van der Waals surface area contributed by atoms with Gasteiger partial charge in [0.2, 0.25) is 0 Å². The molecule has 27 heavy (non-hydrogen) atoms. The molecule has 1 aromatic heterocycles. The predicted molar refractivity (Wildman–Crippen MR) is 96.4 cm³/mol. The predicted octanol–water partition coefficient (Wildman–Crippen LogP) is 2.65. The lowest BCUT2D eigenvalue weighted by Crippen LogP contribution is -2.31. The molecule has 0 aliphatic heterocycles. The van der Waals surface area contributed by atoms with Gasteiger partial charge in [0, 0.05) is 13.2 Å². The van der Waals surface area contributed by atoms with Crippen molar-refractivity contribution in [2.24, 2.45) is 7.05 Å². The molecule has 0 amide bonds. The molecule has 0 atom stereocenters. The highest BCUT2D eigenvalue weighted by atomic mass is 32.2. The van der Waals surface area contributed by atoms with Gasteiger partial charge in [0.1, 0.15) is 5.82 Å². The van der Waals surface area contributed by atoms with Crippen molar-refractivity contribution >= 4 is 21.7 Å². The zero-order valence-electron chi connectivity index (χ0n) is 14.3. The first-order valence-corrected chi connectivity index (χ1v) is 9.30. The number of carboxylic acid groups (broad SMARTS) is 1. The molecular weight excluding hydrogens is 373 g/mol. The lowest BCUT2D eigenvalue weighted by molar-refractivity contribution is 0.0697. The summed E-state index contributed by atoms with van der Waals surface area (Å²) in [4.78, 5) is 15.0. The summed E-state index contributed by atoms with van der Waals surface area (Å²) in [6.07, 6.45) is 2.75. The van der Waals surface area contributed by atoms with E-state index in [0.717, 1.165) is 4.31 Å². The van der Waals surface area contributed by atoms with Gasteiger partial charge < -0.3 is 9.67 Å². The third kappa shape index (κ3) is 3.98. The highest BCUT2D eigenvalue weighted by molar-refractivity contribution is 7.92. The second-order valence-corrected chi connectivity index (χ2v) is 7.68. The molecular formula is C18H16FN3O4S. The Labute approximate surface area is 155 Å².